The Morgan fingerprint density at radius 2 is 1.35 bits per heavy atom. The van der Waals surface area contributed by atoms with E-state index in [1.165, 1.54) is 32.1 Å². The maximum atomic E-state index is 11.9. The molecule has 0 saturated carbocycles. The van der Waals surface area contributed by atoms with Gasteiger partial charge in [0.2, 0.25) is 0 Å². The molecule has 0 aromatic carbocycles. The number of hydrogen-bond acceptors (Lipinski definition) is 6. The second-order valence-electron chi connectivity index (χ2n) is 9.86. The molecule has 1 saturated heterocycles. The molecule has 0 aromatic heterocycles. The third-order valence-corrected chi connectivity index (χ3v) is 6.34. The Bertz CT molecular complexity index is 669. The topological polar surface area (TPSA) is 85.4 Å². The van der Waals surface area contributed by atoms with Crippen LogP contribution in [-0.2, 0) is 23.8 Å². The van der Waals surface area contributed by atoms with Crippen LogP contribution >= 0.6 is 0 Å². The molecule has 0 radical (unpaired) electrons. The van der Waals surface area contributed by atoms with Crippen LogP contribution in [0.25, 0.3) is 0 Å². The molecule has 3 atom stereocenters. The van der Waals surface area contributed by atoms with Crippen LogP contribution in [-0.4, -0.2) is 48.6 Å². The lowest BCUT2D eigenvalue weighted by Gasteiger charge is -2.15. The van der Waals surface area contributed by atoms with Gasteiger partial charge in [0.15, 0.2) is 6.10 Å². The smallest absolute Gasteiger partial charge is 0.306 e. The summed E-state index contributed by atoms with van der Waals surface area (Å²) < 4.78 is 16.1. The van der Waals surface area contributed by atoms with E-state index in [-0.39, 0.29) is 25.2 Å². The van der Waals surface area contributed by atoms with E-state index in [1.807, 2.05) is 0 Å². The zero-order valence-corrected chi connectivity index (χ0v) is 23.4. The largest absolute Gasteiger partial charge is 0.462 e. The lowest BCUT2D eigenvalue weighted by Crippen LogP contribution is -2.28. The SMILES string of the molecule is CCCCC/C=C\C/C=C\CC1OC1C/C=C\CCCC(=O)OC[C@H](CO)OC(=O)CCCCCCC. The van der Waals surface area contributed by atoms with Gasteiger partial charge in [-0.3, -0.25) is 9.59 Å². The van der Waals surface area contributed by atoms with Gasteiger partial charge in [-0.05, 0) is 51.4 Å². The Morgan fingerprint density at radius 1 is 0.757 bits per heavy atom. The predicted molar refractivity (Wildman–Crippen MR) is 149 cm³/mol. The summed E-state index contributed by atoms with van der Waals surface area (Å²) in [5.41, 5.74) is 0. The molecule has 1 N–H and O–H groups in total. The number of carbonyl (C=O) groups excluding carboxylic acids is 2. The summed E-state index contributed by atoms with van der Waals surface area (Å²) in [6, 6.07) is 0. The fraction of sp³-hybridized carbons (Fsp3) is 0.742. The summed E-state index contributed by atoms with van der Waals surface area (Å²) in [6.45, 7) is 3.92. The standard InChI is InChI=1S/C31H52O6/c1-3-5-7-9-10-11-12-14-17-21-28-29(37-28)22-18-15-16-19-23-30(33)35-26-27(25-32)36-31(34)24-20-13-8-6-4-2/h10-11,14-15,17-18,27-29,32H,3-9,12-13,16,19-26H2,1-2H3/b11-10-,17-14-,18-15-/t27-,28?,29?/m0/s1. The maximum absolute atomic E-state index is 11.9. The first-order chi connectivity index (χ1) is 18.1. The second-order valence-corrected chi connectivity index (χ2v) is 9.86. The average Bonchev–Trinajstić information content (AvgIpc) is 3.65. The quantitative estimate of drug-likeness (QED) is 0.0629. The summed E-state index contributed by atoms with van der Waals surface area (Å²) in [7, 11) is 0. The zero-order chi connectivity index (χ0) is 27.0. The lowest BCUT2D eigenvalue weighted by atomic mass is 10.1. The Morgan fingerprint density at radius 3 is 2.08 bits per heavy atom. The highest BCUT2D eigenvalue weighted by Crippen LogP contribution is 2.29. The number of aliphatic hydroxyl groups excluding tert-OH is 1. The first-order valence-corrected chi connectivity index (χ1v) is 14.7. The van der Waals surface area contributed by atoms with Gasteiger partial charge in [-0.1, -0.05) is 88.8 Å². The van der Waals surface area contributed by atoms with Gasteiger partial charge in [0.25, 0.3) is 0 Å². The summed E-state index contributed by atoms with van der Waals surface area (Å²) in [5, 5.41) is 9.39. The maximum Gasteiger partial charge on any atom is 0.306 e. The molecule has 1 aliphatic rings. The van der Waals surface area contributed by atoms with Crippen molar-refractivity contribution in [1.29, 1.82) is 0 Å². The average molecular weight is 521 g/mol. The minimum absolute atomic E-state index is 0.100. The van der Waals surface area contributed by atoms with Crippen molar-refractivity contribution < 1.29 is 28.9 Å². The van der Waals surface area contributed by atoms with Crippen molar-refractivity contribution >= 4 is 11.9 Å². The Hall–Kier alpha value is -1.92. The van der Waals surface area contributed by atoms with E-state index in [4.69, 9.17) is 14.2 Å². The Labute approximate surface area is 225 Å². The Balaban J connectivity index is 2.00. The van der Waals surface area contributed by atoms with Crippen LogP contribution < -0.4 is 0 Å². The van der Waals surface area contributed by atoms with Crippen LogP contribution in [0, 0.1) is 0 Å². The van der Waals surface area contributed by atoms with E-state index in [9.17, 15) is 14.7 Å². The summed E-state index contributed by atoms with van der Waals surface area (Å²) in [4.78, 5) is 23.8. The van der Waals surface area contributed by atoms with Crippen molar-refractivity contribution in [2.45, 2.75) is 135 Å². The van der Waals surface area contributed by atoms with Crippen LogP contribution in [0.1, 0.15) is 117 Å². The fourth-order valence-electron chi connectivity index (χ4n) is 3.94. The molecule has 2 unspecified atom stereocenters. The van der Waals surface area contributed by atoms with E-state index in [2.05, 4.69) is 50.3 Å². The van der Waals surface area contributed by atoms with Gasteiger partial charge in [0.1, 0.15) is 6.61 Å². The minimum atomic E-state index is -0.791. The highest BCUT2D eigenvalue weighted by atomic mass is 16.6. The van der Waals surface area contributed by atoms with Crippen LogP contribution in [0.3, 0.4) is 0 Å². The van der Waals surface area contributed by atoms with Crippen molar-refractivity contribution in [3.8, 4) is 0 Å². The molecule has 1 rings (SSSR count). The molecule has 1 aliphatic heterocycles. The summed E-state index contributed by atoms with van der Waals surface area (Å²) in [5.74, 6) is -0.685. The second kappa shape index (κ2) is 23.2. The van der Waals surface area contributed by atoms with E-state index in [0.29, 0.717) is 31.5 Å². The molecule has 6 nitrogen and oxygen atoms in total. The number of rotatable bonds is 24. The molecule has 1 fully saturated rings. The molecule has 0 aromatic rings. The number of ether oxygens (including phenoxy) is 3. The molecule has 212 valence electrons. The van der Waals surface area contributed by atoms with Gasteiger partial charge in [-0.25, -0.2) is 0 Å². The summed E-state index contributed by atoms with van der Waals surface area (Å²) in [6.07, 6.45) is 28.3. The highest BCUT2D eigenvalue weighted by molar-refractivity contribution is 5.70. The highest BCUT2D eigenvalue weighted by Gasteiger charge is 2.35. The van der Waals surface area contributed by atoms with Gasteiger partial charge in [-0.15, -0.1) is 0 Å². The molecule has 0 bridgehead atoms. The van der Waals surface area contributed by atoms with Gasteiger partial charge in [0.05, 0.1) is 18.8 Å². The predicted octanol–water partition coefficient (Wildman–Crippen LogP) is 7.15. The Kier molecular flexibility index (Phi) is 20.8. The molecule has 6 heteroatoms. The number of hydrogen-bond donors (Lipinski definition) is 1. The molecule has 0 aliphatic carbocycles. The molecule has 1 heterocycles. The van der Waals surface area contributed by atoms with Crippen LogP contribution in [0.4, 0.5) is 0 Å². The summed E-state index contributed by atoms with van der Waals surface area (Å²) >= 11 is 0. The van der Waals surface area contributed by atoms with Crippen molar-refractivity contribution in [3.63, 3.8) is 0 Å². The van der Waals surface area contributed by atoms with E-state index < -0.39 is 6.10 Å². The fourth-order valence-corrected chi connectivity index (χ4v) is 3.94. The first-order valence-electron chi connectivity index (χ1n) is 14.7. The molecule has 0 spiro atoms. The first kappa shape index (κ1) is 33.1. The van der Waals surface area contributed by atoms with Crippen molar-refractivity contribution in [2.24, 2.45) is 0 Å². The van der Waals surface area contributed by atoms with Gasteiger partial charge < -0.3 is 19.3 Å². The monoisotopic (exact) mass is 520 g/mol. The number of unbranched alkanes of at least 4 members (excludes halogenated alkanes) is 8. The minimum Gasteiger partial charge on any atom is -0.462 e. The van der Waals surface area contributed by atoms with Crippen molar-refractivity contribution in [3.05, 3.63) is 36.5 Å². The van der Waals surface area contributed by atoms with Crippen LogP contribution in [0.2, 0.25) is 0 Å². The number of carbonyl (C=O) groups is 2. The van der Waals surface area contributed by atoms with E-state index in [1.54, 1.807) is 0 Å². The normalized spacial score (nSPS) is 18.1. The van der Waals surface area contributed by atoms with Crippen LogP contribution in [0.5, 0.6) is 0 Å². The third-order valence-electron chi connectivity index (χ3n) is 6.34. The lowest BCUT2D eigenvalue weighted by molar-refractivity contribution is -0.161. The van der Waals surface area contributed by atoms with Gasteiger partial charge >= 0.3 is 11.9 Å². The third kappa shape index (κ3) is 19.8. The van der Waals surface area contributed by atoms with Gasteiger partial charge in [-0.2, -0.15) is 0 Å². The van der Waals surface area contributed by atoms with Gasteiger partial charge in [0, 0.05) is 12.8 Å². The number of esters is 2. The van der Waals surface area contributed by atoms with Crippen LogP contribution in [0.15, 0.2) is 36.5 Å². The number of allylic oxidation sites excluding steroid dienone is 4. The molecular weight excluding hydrogens is 468 g/mol. The van der Waals surface area contributed by atoms with E-state index in [0.717, 1.165) is 51.4 Å². The van der Waals surface area contributed by atoms with Crippen molar-refractivity contribution in [2.75, 3.05) is 13.2 Å². The number of epoxide rings is 1. The zero-order valence-electron chi connectivity index (χ0n) is 23.4. The molecule has 37 heavy (non-hydrogen) atoms. The number of aliphatic hydroxyl groups is 1. The van der Waals surface area contributed by atoms with E-state index >= 15 is 0 Å². The van der Waals surface area contributed by atoms with Crippen molar-refractivity contribution in [1.82, 2.24) is 0 Å². The molecular formula is C31H52O6. The molecule has 0 amide bonds.